The van der Waals surface area contributed by atoms with Gasteiger partial charge in [-0.3, -0.25) is 0 Å². The zero-order chi connectivity index (χ0) is 19.5. The normalized spacial score (nSPS) is 10.3. The van der Waals surface area contributed by atoms with Crippen LogP contribution in [-0.4, -0.2) is 24.3 Å². The predicted octanol–water partition coefficient (Wildman–Crippen LogP) is 5.01. The van der Waals surface area contributed by atoms with E-state index in [0.29, 0.717) is 31.6 Å². The molecule has 0 aliphatic heterocycles. The van der Waals surface area contributed by atoms with Crippen LogP contribution in [0.15, 0.2) is 41.6 Å². The van der Waals surface area contributed by atoms with E-state index in [4.69, 9.17) is 72.1 Å². The van der Waals surface area contributed by atoms with Crippen LogP contribution < -0.4 is 15.2 Å². The second-order valence-corrected chi connectivity index (χ2v) is 6.16. The van der Waals surface area contributed by atoms with Crippen molar-refractivity contribution in [3.8, 4) is 17.6 Å². The van der Waals surface area contributed by atoms with Crippen LogP contribution in [0.1, 0.15) is 0 Å². The zero-order valence-electron chi connectivity index (χ0n) is 13.1. The van der Waals surface area contributed by atoms with Crippen LogP contribution in [0.3, 0.4) is 0 Å². The van der Waals surface area contributed by atoms with Gasteiger partial charge >= 0.3 is 0 Å². The minimum atomic E-state index is -0.0315. The van der Waals surface area contributed by atoms with Gasteiger partial charge in [0.2, 0.25) is 0 Å². The number of nitriles is 1. The lowest BCUT2D eigenvalue weighted by Crippen LogP contribution is -2.20. The van der Waals surface area contributed by atoms with Crippen molar-refractivity contribution >= 4 is 52.2 Å². The highest BCUT2D eigenvalue weighted by Crippen LogP contribution is 2.28. The lowest BCUT2D eigenvalue weighted by molar-refractivity contribution is 0.306. The molecule has 2 aromatic carbocycles. The summed E-state index contributed by atoms with van der Waals surface area (Å²) in [6, 6.07) is 11.5. The molecular formula is C16H13Cl4N3O3. The number of amidine groups is 1. The molecule has 2 rings (SSSR count). The van der Waals surface area contributed by atoms with Crippen molar-refractivity contribution in [1.29, 1.82) is 5.26 Å². The molecule has 3 N–H and O–H groups in total. The third-order valence-corrected chi connectivity index (χ3v) is 3.65. The van der Waals surface area contributed by atoms with E-state index >= 15 is 0 Å². The summed E-state index contributed by atoms with van der Waals surface area (Å²) in [6.07, 6.45) is 0. The van der Waals surface area contributed by atoms with E-state index in [2.05, 4.69) is 5.16 Å². The molecule has 0 saturated heterocycles. The lowest BCUT2D eigenvalue weighted by atomic mass is 10.3. The SMILES string of the molecule is N#CCOc1ccc(Cl)cc1Cl.N/C(COc1ccc(Cl)cc1Cl)=N\O. The molecule has 0 fully saturated rings. The Morgan fingerprint density at radius 2 is 1.50 bits per heavy atom. The summed E-state index contributed by atoms with van der Waals surface area (Å²) in [5, 5.41) is 21.1. The first-order valence-corrected chi connectivity index (χ1v) is 8.37. The highest BCUT2D eigenvalue weighted by Gasteiger charge is 2.03. The van der Waals surface area contributed by atoms with Crippen molar-refractivity contribution in [2.24, 2.45) is 10.9 Å². The van der Waals surface area contributed by atoms with Gasteiger partial charge in [0.05, 0.1) is 10.0 Å². The Hall–Kier alpha value is -2.04. The van der Waals surface area contributed by atoms with Gasteiger partial charge in [-0.1, -0.05) is 51.6 Å². The number of hydrogen-bond donors (Lipinski definition) is 2. The van der Waals surface area contributed by atoms with Gasteiger partial charge in [-0.25, -0.2) is 0 Å². The van der Waals surface area contributed by atoms with Gasteiger partial charge in [-0.15, -0.1) is 0 Å². The van der Waals surface area contributed by atoms with Crippen LogP contribution in [0.25, 0.3) is 0 Å². The summed E-state index contributed by atoms with van der Waals surface area (Å²) >= 11 is 22.9. The molecule has 0 spiro atoms. The summed E-state index contributed by atoms with van der Waals surface area (Å²) in [5.74, 6) is 0.876. The highest BCUT2D eigenvalue weighted by molar-refractivity contribution is 6.36. The molecule has 138 valence electrons. The maximum absolute atomic E-state index is 8.26. The molecule has 0 heterocycles. The van der Waals surface area contributed by atoms with Gasteiger partial charge in [0.1, 0.15) is 24.2 Å². The fraction of sp³-hybridized carbons (Fsp3) is 0.125. The topological polar surface area (TPSA) is 101 Å². The van der Waals surface area contributed by atoms with Crippen molar-refractivity contribution in [3.63, 3.8) is 0 Å². The molecule has 0 saturated carbocycles. The zero-order valence-corrected chi connectivity index (χ0v) is 16.1. The molecule has 0 bridgehead atoms. The van der Waals surface area contributed by atoms with Gasteiger partial charge in [0, 0.05) is 10.0 Å². The van der Waals surface area contributed by atoms with E-state index in [-0.39, 0.29) is 19.0 Å². The van der Waals surface area contributed by atoms with Gasteiger partial charge in [-0.05, 0) is 36.4 Å². The molecule has 0 aliphatic rings. The van der Waals surface area contributed by atoms with Crippen molar-refractivity contribution < 1.29 is 14.7 Å². The van der Waals surface area contributed by atoms with E-state index in [1.807, 2.05) is 6.07 Å². The minimum Gasteiger partial charge on any atom is -0.484 e. The third kappa shape index (κ3) is 7.89. The third-order valence-electron chi connectivity index (χ3n) is 2.58. The van der Waals surface area contributed by atoms with Gasteiger partial charge in [-0.2, -0.15) is 5.26 Å². The summed E-state index contributed by atoms with van der Waals surface area (Å²) in [6.45, 7) is -0.0425. The van der Waals surface area contributed by atoms with E-state index in [1.54, 1.807) is 36.4 Å². The quantitative estimate of drug-likeness (QED) is 0.296. The summed E-state index contributed by atoms with van der Waals surface area (Å²) in [7, 11) is 0. The fourth-order valence-electron chi connectivity index (χ4n) is 1.48. The number of ether oxygens (including phenoxy) is 2. The van der Waals surface area contributed by atoms with Crippen LogP contribution in [0.4, 0.5) is 0 Å². The molecule has 26 heavy (non-hydrogen) atoms. The van der Waals surface area contributed by atoms with Crippen LogP contribution in [0.5, 0.6) is 11.5 Å². The highest BCUT2D eigenvalue weighted by atomic mass is 35.5. The van der Waals surface area contributed by atoms with Crippen molar-refractivity contribution in [2.75, 3.05) is 13.2 Å². The number of hydrogen-bond acceptors (Lipinski definition) is 5. The fourth-order valence-corrected chi connectivity index (χ4v) is 2.40. The molecular weight excluding hydrogens is 424 g/mol. The summed E-state index contributed by atoms with van der Waals surface area (Å²) in [4.78, 5) is 0. The molecule has 10 heteroatoms. The standard InChI is InChI=1S/C8H8Cl2N2O2.C8H5Cl2NO/c9-5-1-2-7(6(10)3-5)14-4-8(11)12-13;9-6-1-2-8(7(10)5-6)12-4-3-11/h1-3,13H,4H2,(H2,11,12);1-2,5H,4H2. The maximum atomic E-state index is 8.26. The Morgan fingerprint density at radius 1 is 1.00 bits per heavy atom. The number of halogens is 4. The second kappa shape index (κ2) is 11.6. The number of nitrogens with two attached hydrogens (primary N) is 1. The Bertz CT molecular complexity index is 810. The molecule has 2 aromatic rings. The van der Waals surface area contributed by atoms with Crippen molar-refractivity contribution in [2.45, 2.75) is 0 Å². The Kier molecular flexibility index (Phi) is 9.78. The van der Waals surface area contributed by atoms with Crippen LogP contribution in [0.2, 0.25) is 20.1 Å². The summed E-state index contributed by atoms with van der Waals surface area (Å²) in [5.41, 5.74) is 5.21. The molecule has 0 unspecified atom stereocenters. The number of benzene rings is 2. The van der Waals surface area contributed by atoms with Crippen LogP contribution >= 0.6 is 46.4 Å². The average Bonchev–Trinajstić information content (AvgIpc) is 2.60. The van der Waals surface area contributed by atoms with E-state index in [9.17, 15) is 0 Å². The molecule has 0 atom stereocenters. The van der Waals surface area contributed by atoms with Gasteiger partial charge < -0.3 is 20.4 Å². The smallest absolute Gasteiger partial charge is 0.177 e. The Morgan fingerprint density at radius 3 is 1.92 bits per heavy atom. The van der Waals surface area contributed by atoms with Crippen LogP contribution in [0, 0.1) is 11.3 Å². The Balaban J connectivity index is 0.000000263. The van der Waals surface area contributed by atoms with E-state index < -0.39 is 0 Å². The molecule has 0 amide bonds. The van der Waals surface area contributed by atoms with Crippen LogP contribution in [-0.2, 0) is 0 Å². The van der Waals surface area contributed by atoms with E-state index in [0.717, 1.165) is 0 Å². The first-order valence-electron chi connectivity index (χ1n) is 6.86. The van der Waals surface area contributed by atoms with E-state index in [1.165, 1.54) is 0 Å². The second-order valence-electron chi connectivity index (χ2n) is 4.48. The number of nitrogens with zero attached hydrogens (tertiary/aromatic N) is 2. The van der Waals surface area contributed by atoms with Crippen molar-refractivity contribution in [1.82, 2.24) is 0 Å². The monoisotopic (exact) mass is 435 g/mol. The Labute approximate surface area is 170 Å². The molecule has 0 aromatic heterocycles. The maximum Gasteiger partial charge on any atom is 0.177 e. The number of oxime groups is 1. The lowest BCUT2D eigenvalue weighted by Gasteiger charge is -2.06. The predicted molar refractivity (Wildman–Crippen MR) is 103 cm³/mol. The van der Waals surface area contributed by atoms with Gasteiger partial charge in [0.25, 0.3) is 0 Å². The molecule has 6 nitrogen and oxygen atoms in total. The molecule has 0 aliphatic carbocycles. The largest absolute Gasteiger partial charge is 0.484 e. The van der Waals surface area contributed by atoms with Crippen molar-refractivity contribution in [3.05, 3.63) is 56.5 Å². The number of rotatable bonds is 5. The summed E-state index contributed by atoms with van der Waals surface area (Å²) < 4.78 is 10.1. The van der Waals surface area contributed by atoms with Gasteiger partial charge in [0.15, 0.2) is 12.4 Å². The first kappa shape index (κ1) is 22.0. The minimum absolute atomic E-state index is 0.0125. The average molecular weight is 437 g/mol. The molecule has 0 radical (unpaired) electrons. The first-order chi connectivity index (χ1) is 12.4.